The van der Waals surface area contributed by atoms with Crippen LogP contribution >= 0.6 is 23.2 Å². The maximum absolute atomic E-state index is 12.1. The van der Waals surface area contributed by atoms with E-state index in [1.165, 1.54) is 24.3 Å². The third-order valence-electron chi connectivity index (χ3n) is 2.90. The SMILES string of the molecule is COC(=O)C(O)NS(=O)(=O)c1ccc(Oc2cc(Cl)cc(Cl)c2)cc1. The van der Waals surface area contributed by atoms with E-state index < -0.39 is 22.2 Å². The number of carbonyl (C=O) groups is 1. The first-order valence-electron chi connectivity index (χ1n) is 6.73. The fraction of sp³-hybridized carbons (Fsp3) is 0.133. The van der Waals surface area contributed by atoms with E-state index in [1.807, 2.05) is 0 Å². The van der Waals surface area contributed by atoms with Gasteiger partial charge in [-0.25, -0.2) is 13.2 Å². The molecular formula is C15H13Cl2NO6S. The summed E-state index contributed by atoms with van der Waals surface area (Å²) in [5, 5.41) is 10.2. The van der Waals surface area contributed by atoms with Crippen LogP contribution in [0.4, 0.5) is 0 Å². The van der Waals surface area contributed by atoms with Gasteiger partial charge in [0.1, 0.15) is 11.5 Å². The highest BCUT2D eigenvalue weighted by Crippen LogP contribution is 2.28. The van der Waals surface area contributed by atoms with Gasteiger partial charge in [0.25, 0.3) is 0 Å². The Morgan fingerprint density at radius 3 is 2.16 bits per heavy atom. The first-order valence-corrected chi connectivity index (χ1v) is 8.97. The van der Waals surface area contributed by atoms with Gasteiger partial charge in [-0.2, -0.15) is 4.72 Å². The van der Waals surface area contributed by atoms with Gasteiger partial charge in [0, 0.05) is 10.0 Å². The molecule has 134 valence electrons. The molecule has 10 heteroatoms. The summed E-state index contributed by atoms with van der Waals surface area (Å²) in [5.74, 6) is -0.403. The van der Waals surface area contributed by atoms with Crippen LogP contribution in [-0.4, -0.2) is 32.8 Å². The Morgan fingerprint density at radius 2 is 1.64 bits per heavy atom. The molecule has 0 spiro atoms. The number of halogens is 2. The van der Waals surface area contributed by atoms with Crippen LogP contribution < -0.4 is 9.46 Å². The Hall–Kier alpha value is -1.84. The van der Waals surface area contributed by atoms with Crippen molar-refractivity contribution in [3.63, 3.8) is 0 Å². The molecule has 2 aromatic rings. The van der Waals surface area contributed by atoms with Crippen molar-refractivity contribution < 1.29 is 27.8 Å². The molecule has 1 atom stereocenters. The number of aliphatic hydroxyl groups is 1. The molecule has 0 aliphatic heterocycles. The predicted octanol–water partition coefficient (Wildman–Crippen LogP) is 2.56. The van der Waals surface area contributed by atoms with Crippen molar-refractivity contribution >= 4 is 39.2 Å². The topological polar surface area (TPSA) is 102 Å². The van der Waals surface area contributed by atoms with Gasteiger partial charge in [0.05, 0.1) is 12.0 Å². The first kappa shape index (κ1) is 19.5. The molecule has 2 N–H and O–H groups in total. The molecule has 7 nitrogen and oxygen atoms in total. The summed E-state index contributed by atoms with van der Waals surface area (Å²) in [6, 6.07) is 9.92. The van der Waals surface area contributed by atoms with E-state index in [2.05, 4.69) is 4.74 Å². The van der Waals surface area contributed by atoms with E-state index in [0.29, 0.717) is 21.5 Å². The second-order valence-electron chi connectivity index (χ2n) is 4.73. The number of carbonyl (C=O) groups excluding carboxylic acids is 1. The number of sulfonamides is 1. The largest absolute Gasteiger partial charge is 0.466 e. The molecule has 0 saturated heterocycles. The lowest BCUT2D eigenvalue weighted by atomic mass is 10.3. The summed E-state index contributed by atoms with van der Waals surface area (Å²) in [5.41, 5.74) is 0. The molecule has 0 saturated carbocycles. The molecule has 0 aromatic heterocycles. The Labute approximate surface area is 154 Å². The third-order valence-corrected chi connectivity index (χ3v) is 4.76. The molecule has 0 fully saturated rings. The van der Waals surface area contributed by atoms with Crippen molar-refractivity contribution in [2.75, 3.05) is 7.11 Å². The van der Waals surface area contributed by atoms with Crippen LogP contribution in [0.5, 0.6) is 11.5 Å². The van der Waals surface area contributed by atoms with Crippen molar-refractivity contribution in [3.8, 4) is 11.5 Å². The summed E-state index contributed by atoms with van der Waals surface area (Å²) in [4.78, 5) is 10.9. The number of rotatable bonds is 6. The van der Waals surface area contributed by atoms with Gasteiger partial charge in [-0.1, -0.05) is 23.2 Å². The van der Waals surface area contributed by atoms with Gasteiger partial charge >= 0.3 is 5.97 Å². The van der Waals surface area contributed by atoms with E-state index in [9.17, 15) is 18.3 Å². The van der Waals surface area contributed by atoms with Gasteiger partial charge < -0.3 is 14.6 Å². The Balaban J connectivity index is 2.14. The zero-order chi connectivity index (χ0) is 18.6. The van der Waals surface area contributed by atoms with Gasteiger partial charge in [-0.05, 0) is 42.5 Å². The van der Waals surface area contributed by atoms with Crippen molar-refractivity contribution in [2.24, 2.45) is 0 Å². The molecule has 0 amide bonds. The maximum Gasteiger partial charge on any atom is 0.351 e. The van der Waals surface area contributed by atoms with E-state index in [-0.39, 0.29) is 4.90 Å². The molecule has 0 radical (unpaired) electrons. The van der Waals surface area contributed by atoms with E-state index >= 15 is 0 Å². The van der Waals surface area contributed by atoms with Crippen LogP contribution in [-0.2, 0) is 19.6 Å². The van der Waals surface area contributed by atoms with Crippen LogP contribution in [0.25, 0.3) is 0 Å². The summed E-state index contributed by atoms with van der Waals surface area (Å²) in [6.45, 7) is 0. The van der Waals surface area contributed by atoms with Crippen molar-refractivity contribution in [1.29, 1.82) is 0 Å². The predicted molar refractivity (Wildman–Crippen MR) is 91.3 cm³/mol. The normalized spacial score (nSPS) is 12.5. The highest BCUT2D eigenvalue weighted by Gasteiger charge is 2.24. The van der Waals surface area contributed by atoms with E-state index in [4.69, 9.17) is 27.9 Å². The van der Waals surface area contributed by atoms with E-state index in [1.54, 1.807) is 22.9 Å². The molecule has 2 rings (SSSR count). The van der Waals surface area contributed by atoms with Gasteiger partial charge in [0.15, 0.2) is 0 Å². The number of nitrogens with one attached hydrogen (secondary N) is 1. The number of esters is 1. The van der Waals surface area contributed by atoms with Crippen LogP contribution in [0.2, 0.25) is 10.0 Å². The number of benzene rings is 2. The summed E-state index contributed by atoms with van der Waals surface area (Å²) >= 11 is 11.7. The number of methoxy groups -OCH3 is 1. The molecule has 0 heterocycles. The third kappa shape index (κ3) is 5.32. The van der Waals surface area contributed by atoms with Crippen molar-refractivity contribution in [1.82, 2.24) is 4.72 Å². The number of hydrogen-bond acceptors (Lipinski definition) is 6. The molecule has 1 unspecified atom stereocenters. The minimum Gasteiger partial charge on any atom is -0.466 e. The summed E-state index contributed by atoms with van der Waals surface area (Å²) in [6.07, 6.45) is -2.00. The summed E-state index contributed by atoms with van der Waals surface area (Å²) in [7, 11) is -3.09. The number of ether oxygens (including phenoxy) is 2. The smallest absolute Gasteiger partial charge is 0.351 e. The Morgan fingerprint density at radius 1 is 1.08 bits per heavy atom. The zero-order valence-corrected chi connectivity index (χ0v) is 15.1. The van der Waals surface area contributed by atoms with Crippen LogP contribution in [0, 0.1) is 0 Å². The average Bonchev–Trinajstić information content (AvgIpc) is 2.53. The minimum absolute atomic E-state index is 0.174. The second-order valence-corrected chi connectivity index (χ2v) is 7.31. The minimum atomic E-state index is -4.12. The standard InChI is InChI=1S/C15H13Cl2NO6S/c1-23-15(20)14(19)18-25(21,22)13-4-2-11(3-5-13)24-12-7-9(16)6-10(17)8-12/h2-8,14,18-19H,1H3. The average molecular weight is 406 g/mol. The monoisotopic (exact) mass is 405 g/mol. The lowest BCUT2D eigenvalue weighted by Gasteiger charge is -2.12. The van der Waals surface area contributed by atoms with Gasteiger partial charge in [-0.15, -0.1) is 0 Å². The van der Waals surface area contributed by atoms with Crippen LogP contribution in [0.15, 0.2) is 47.4 Å². The fourth-order valence-corrected chi connectivity index (χ4v) is 3.31. The van der Waals surface area contributed by atoms with Crippen LogP contribution in [0.1, 0.15) is 0 Å². The molecular weight excluding hydrogens is 393 g/mol. The highest BCUT2D eigenvalue weighted by molar-refractivity contribution is 7.89. The molecule has 25 heavy (non-hydrogen) atoms. The molecule has 0 bridgehead atoms. The number of aliphatic hydroxyl groups excluding tert-OH is 1. The lowest BCUT2D eigenvalue weighted by Crippen LogP contribution is -2.41. The van der Waals surface area contributed by atoms with Crippen molar-refractivity contribution in [3.05, 3.63) is 52.5 Å². The molecule has 0 aliphatic carbocycles. The van der Waals surface area contributed by atoms with Gasteiger partial charge in [-0.3, -0.25) is 0 Å². The van der Waals surface area contributed by atoms with E-state index in [0.717, 1.165) is 7.11 Å². The molecule has 0 aliphatic rings. The lowest BCUT2D eigenvalue weighted by molar-refractivity contribution is -0.150. The number of hydrogen-bond donors (Lipinski definition) is 2. The first-order chi connectivity index (χ1) is 11.7. The maximum atomic E-state index is 12.1. The van der Waals surface area contributed by atoms with Crippen LogP contribution in [0.3, 0.4) is 0 Å². The second kappa shape index (κ2) is 8.03. The Bertz CT molecular complexity index is 850. The quantitative estimate of drug-likeness (QED) is 0.565. The van der Waals surface area contributed by atoms with Gasteiger partial charge in [0.2, 0.25) is 16.3 Å². The highest BCUT2D eigenvalue weighted by atomic mass is 35.5. The summed E-state index contributed by atoms with van der Waals surface area (Å²) < 4.78 is 35.7. The van der Waals surface area contributed by atoms with Crippen molar-refractivity contribution in [2.45, 2.75) is 11.1 Å². The fourth-order valence-electron chi connectivity index (χ4n) is 1.79. The molecule has 2 aromatic carbocycles. The Kier molecular flexibility index (Phi) is 6.26. The zero-order valence-electron chi connectivity index (χ0n) is 12.8.